The second kappa shape index (κ2) is 8.66. The van der Waals surface area contributed by atoms with Crippen molar-refractivity contribution in [3.05, 3.63) is 130 Å². The first-order chi connectivity index (χ1) is 20.2. The molecule has 3 aromatic heterocycles. The number of benzene rings is 5. The first-order valence-electron chi connectivity index (χ1n) is 13.1. The van der Waals surface area contributed by atoms with Crippen LogP contribution in [0.1, 0.15) is 11.1 Å². The molecule has 190 valence electrons. The number of aromatic nitrogens is 2. The molecule has 8 aromatic rings. The molecule has 0 aliphatic heterocycles. The van der Waals surface area contributed by atoms with Crippen molar-refractivity contribution in [3.8, 4) is 23.5 Å². The predicted molar refractivity (Wildman–Crippen MR) is 166 cm³/mol. The van der Waals surface area contributed by atoms with E-state index in [0.29, 0.717) is 10.1 Å². The predicted octanol–water partition coefficient (Wildman–Crippen LogP) is 8.20. The Morgan fingerprint density at radius 2 is 0.902 bits per heavy atom. The van der Waals surface area contributed by atoms with Gasteiger partial charge >= 0.3 is 0 Å². The Morgan fingerprint density at radius 3 is 1.34 bits per heavy atom. The van der Waals surface area contributed by atoms with Crippen molar-refractivity contribution in [2.75, 3.05) is 0 Å². The zero-order chi connectivity index (χ0) is 27.7. The molecule has 0 spiro atoms. The van der Waals surface area contributed by atoms with Gasteiger partial charge in [0.05, 0.1) is 43.7 Å². The van der Waals surface area contributed by atoms with Crippen LogP contribution in [0, 0.1) is 22.7 Å². The Morgan fingerprint density at radius 1 is 0.512 bits per heavy atom. The number of rotatable bonds is 2. The lowest BCUT2D eigenvalue weighted by Crippen LogP contribution is -2.08. The van der Waals surface area contributed by atoms with Crippen LogP contribution in [0.4, 0.5) is 0 Å². The molecule has 0 saturated carbocycles. The molecule has 5 aromatic carbocycles. The smallest absolute Gasteiger partial charge is 0.252 e. The average molecular weight is 543 g/mol. The van der Waals surface area contributed by atoms with Crippen LogP contribution in [0.5, 0.6) is 0 Å². The third-order valence-electron chi connectivity index (χ3n) is 7.88. The summed E-state index contributed by atoms with van der Waals surface area (Å²) in [5.41, 5.74) is 5.51. The van der Waals surface area contributed by atoms with Crippen molar-refractivity contribution in [2.24, 2.45) is 0 Å². The molecule has 8 rings (SSSR count). The summed E-state index contributed by atoms with van der Waals surface area (Å²) in [5, 5.41) is 25.4. The Labute approximate surface area is 237 Å². The second-order valence-electron chi connectivity index (χ2n) is 9.91. The van der Waals surface area contributed by atoms with Crippen LogP contribution in [0.25, 0.3) is 65.1 Å². The molecule has 0 aliphatic carbocycles. The minimum Gasteiger partial charge on any atom is -0.309 e. The standard InChI is InChI=1S/C35H18N4OS/c36-19-25-26(20-37)35(40)41-34-32(39-29-15-7-3-11-23(29)24-12-4-8-16-30(24)39)18-17-31(33(25)34)38-27-13-5-1-9-21(27)22-10-2-6-14-28(22)38/h1-18H. The molecule has 0 bridgehead atoms. The third kappa shape index (κ3) is 3.11. The molecule has 0 N–H and O–H groups in total. The number of fused-ring (bicyclic) bond motifs is 7. The van der Waals surface area contributed by atoms with E-state index in [4.69, 9.17) is 0 Å². The molecule has 6 heteroatoms. The van der Waals surface area contributed by atoms with Crippen molar-refractivity contribution in [2.45, 2.75) is 0 Å². The molecule has 5 nitrogen and oxygen atoms in total. The van der Waals surface area contributed by atoms with E-state index >= 15 is 0 Å². The van der Waals surface area contributed by atoms with Gasteiger partial charge < -0.3 is 9.13 Å². The minimum absolute atomic E-state index is 0.103. The number of hydrogen-bond acceptors (Lipinski definition) is 4. The fourth-order valence-corrected chi connectivity index (χ4v) is 7.22. The minimum atomic E-state index is -0.419. The monoisotopic (exact) mass is 542 g/mol. The van der Waals surface area contributed by atoms with Gasteiger partial charge in [-0.2, -0.15) is 10.5 Å². The Bertz CT molecular complexity index is 2430. The van der Waals surface area contributed by atoms with E-state index in [-0.39, 0.29) is 11.1 Å². The molecule has 0 radical (unpaired) electrons. The average Bonchev–Trinajstić information content (AvgIpc) is 3.53. The lowest BCUT2D eigenvalue weighted by atomic mass is 10.0. The lowest BCUT2D eigenvalue weighted by molar-refractivity contribution is 1.17. The summed E-state index contributed by atoms with van der Waals surface area (Å²) in [6, 6.07) is 41.0. The maximum absolute atomic E-state index is 13.3. The summed E-state index contributed by atoms with van der Waals surface area (Å²) in [5.74, 6) is 0. The summed E-state index contributed by atoms with van der Waals surface area (Å²) in [6.07, 6.45) is 0. The second-order valence-corrected chi connectivity index (χ2v) is 10.9. The van der Waals surface area contributed by atoms with E-state index in [1.807, 2.05) is 66.7 Å². The fraction of sp³-hybridized carbons (Fsp3) is 0. The van der Waals surface area contributed by atoms with Crippen molar-refractivity contribution < 1.29 is 0 Å². The number of hydrogen-bond donors (Lipinski definition) is 0. The highest BCUT2D eigenvalue weighted by Gasteiger charge is 2.23. The van der Waals surface area contributed by atoms with E-state index < -0.39 is 4.74 Å². The molecule has 3 heterocycles. The maximum Gasteiger partial charge on any atom is 0.252 e. The lowest BCUT2D eigenvalue weighted by Gasteiger charge is -2.17. The molecule has 41 heavy (non-hydrogen) atoms. The van der Waals surface area contributed by atoms with Gasteiger partial charge in [-0.1, -0.05) is 84.1 Å². The van der Waals surface area contributed by atoms with Gasteiger partial charge in [-0.25, -0.2) is 0 Å². The van der Waals surface area contributed by atoms with Gasteiger partial charge in [0.1, 0.15) is 17.7 Å². The van der Waals surface area contributed by atoms with Crippen LogP contribution in [-0.2, 0) is 0 Å². The van der Waals surface area contributed by atoms with Crippen LogP contribution in [0.3, 0.4) is 0 Å². The van der Waals surface area contributed by atoms with Crippen molar-refractivity contribution in [1.82, 2.24) is 9.13 Å². The maximum atomic E-state index is 13.3. The third-order valence-corrected chi connectivity index (χ3v) is 8.89. The Balaban J connectivity index is 1.61. The van der Waals surface area contributed by atoms with Crippen LogP contribution >= 0.6 is 11.3 Å². The zero-order valence-electron chi connectivity index (χ0n) is 21.5. The first kappa shape index (κ1) is 23.2. The molecule has 0 aliphatic rings. The van der Waals surface area contributed by atoms with Crippen molar-refractivity contribution in [1.29, 1.82) is 10.5 Å². The van der Waals surface area contributed by atoms with E-state index in [0.717, 1.165) is 66.3 Å². The highest BCUT2D eigenvalue weighted by atomic mass is 32.1. The largest absolute Gasteiger partial charge is 0.309 e. The van der Waals surface area contributed by atoms with E-state index in [2.05, 4.69) is 63.7 Å². The summed E-state index contributed by atoms with van der Waals surface area (Å²) in [4.78, 5) is 13.3. The Kier molecular flexibility index (Phi) is 4.90. The molecular weight excluding hydrogens is 524 g/mol. The highest BCUT2D eigenvalue weighted by Crippen LogP contribution is 2.41. The molecule has 0 atom stereocenters. The highest BCUT2D eigenvalue weighted by molar-refractivity contribution is 7.17. The molecular formula is C35H18N4OS. The SMILES string of the molecule is N#Cc1c(C#N)c2c(-n3c4ccccc4c4ccccc43)ccc(-n3c4ccccc4c4ccccc43)c2sc1=O. The van der Waals surface area contributed by atoms with Gasteiger partial charge in [-0.15, -0.1) is 0 Å². The summed E-state index contributed by atoms with van der Waals surface area (Å²) in [6.45, 7) is 0. The Hall–Kier alpha value is -5.69. The fourth-order valence-electron chi connectivity index (χ4n) is 6.22. The number of nitriles is 2. The zero-order valence-corrected chi connectivity index (χ0v) is 22.3. The summed E-state index contributed by atoms with van der Waals surface area (Å²) in [7, 11) is 0. The van der Waals surface area contributed by atoms with Gasteiger partial charge in [0.25, 0.3) is 4.74 Å². The van der Waals surface area contributed by atoms with Gasteiger partial charge in [-0.3, -0.25) is 4.79 Å². The number of nitrogens with zero attached hydrogens (tertiary/aromatic N) is 4. The van der Waals surface area contributed by atoms with Gasteiger partial charge in [0.2, 0.25) is 0 Å². The summed E-state index contributed by atoms with van der Waals surface area (Å²) >= 11 is 1.02. The molecule has 0 amide bonds. The van der Waals surface area contributed by atoms with E-state index in [1.165, 1.54) is 0 Å². The van der Waals surface area contributed by atoms with Crippen molar-refractivity contribution in [3.63, 3.8) is 0 Å². The molecule has 0 saturated heterocycles. The number of para-hydroxylation sites is 4. The van der Waals surface area contributed by atoms with Crippen LogP contribution < -0.4 is 4.74 Å². The normalized spacial score (nSPS) is 11.5. The van der Waals surface area contributed by atoms with E-state index in [9.17, 15) is 15.3 Å². The molecule has 0 unspecified atom stereocenters. The quantitative estimate of drug-likeness (QED) is 0.221. The van der Waals surface area contributed by atoms with Crippen LogP contribution in [-0.4, -0.2) is 9.13 Å². The van der Waals surface area contributed by atoms with Crippen LogP contribution in [0.15, 0.2) is 114 Å². The van der Waals surface area contributed by atoms with Gasteiger partial charge in [0, 0.05) is 26.9 Å². The van der Waals surface area contributed by atoms with E-state index in [1.54, 1.807) is 0 Å². The van der Waals surface area contributed by atoms with Crippen LogP contribution in [0.2, 0.25) is 0 Å². The van der Waals surface area contributed by atoms with Gasteiger partial charge in [-0.05, 0) is 36.4 Å². The van der Waals surface area contributed by atoms with Crippen molar-refractivity contribution >= 4 is 65.0 Å². The first-order valence-corrected chi connectivity index (χ1v) is 13.9. The molecule has 0 fully saturated rings. The van der Waals surface area contributed by atoms with Gasteiger partial charge in [0.15, 0.2) is 0 Å². The topological polar surface area (TPSA) is 74.5 Å². The summed E-state index contributed by atoms with van der Waals surface area (Å²) < 4.78 is 4.54.